The smallest absolute Gasteiger partial charge is 0.225 e. The summed E-state index contributed by atoms with van der Waals surface area (Å²) < 4.78 is 0. The Labute approximate surface area is 135 Å². The van der Waals surface area contributed by atoms with Crippen molar-refractivity contribution in [2.75, 3.05) is 31.1 Å². The summed E-state index contributed by atoms with van der Waals surface area (Å²) in [7, 11) is 0. The fraction of sp³-hybridized carbons (Fsp3) is 0.562. The molecule has 0 amide bonds. The molecule has 0 aliphatic carbocycles. The van der Waals surface area contributed by atoms with Gasteiger partial charge >= 0.3 is 0 Å². The first-order chi connectivity index (χ1) is 10.8. The van der Waals surface area contributed by atoms with E-state index in [4.69, 9.17) is 0 Å². The molecule has 1 spiro atoms. The van der Waals surface area contributed by atoms with Gasteiger partial charge in [-0.1, -0.05) is 0 Å². The maximum atomic E-state index is 4.43. The predicted molar refractivity (Wildman–Crippen MR) is 87.9 cm³/mol. The van der Waals surface area contributed by atoms with Gasteiger partial charge in [-0.05, 0) is 31.9 Å². The number of hydrogen-bond donors (Lipinski definition) is 0. The summed E-state index contributed by atoms with van der Waals surface area (Å²) in [6, 6.07) is 1.88. The zero-order valence-corrected chi connectivity index (χ0v) is 13.5. The lowest BCUT2D eigenvalue weighted by Gasteiger charge is -2.40. The summed E-state index contributed by atoms with van der Waals surface area (Å²) >= 11 is 1.76. The molecule has 0 N–H and O–H groups in total. The molecule has 2 aliphatic heterocycles. The topological polar surface area (TPSA) is 45.2 Å². The molecular formula is C16H21N5S. The lowest BCUT2D eigenvalue weighted by molar-refractivity contribution is 0.215. The molecule has 116 valence electrons. The Morgan fingerprint density at radius 1 is 1.05 bits per heavy atom. The van der Waals surface area contributed by atoms with Gasteiger partial charge in [0.2, 0.25) is 5.95 Å². The first kappa shape index (κ1) is 14.1. The summed E-state index contributed by atoms with van der Waals surface area (Å²) in [5.41, 5.74) is 0.411. The van der Waals surface area contributed by atoms with Crippen molar-refractivity contribution >= 4 is 17.3 Å². The van der Waals surface area contributed by atoms with Crippen LogP contribution in [0.1, 0.15) is 24.3 Å². The number of piperidine rings is 1. The minimum Gasteiger partial charge on any atom is -0.340 e. The van der Waals surface area contributed by atoms with Gasteiger partial charge in [-0.3, -0.25) is 4.90 Å². The van der Waals surface area contributed by atoms with Crippen LogP contribution in [0.25, 0.3) is 0 Å². The van der Waals surface area contributed by atoms with Crippen LogP contribution in [0.15, 0.2) is 30.0 Å². The summed E-state index contributed by atoms with van der Waals surface area (Å²) in [4.78, 5) is 18.2. The van der Waals surface area contributed by atoms with Gasteiger partial charge in [0.15, 0.2) is 0 Å². The molecule has 0 saturated carbocycles. The number of thiazole rings is 1. The number of aromatic nitrogens is 3. The molecule has 4 rings (SSSR count). The van der Waals surface area contributed by atoms with Gasteiger partial charge in [0.05, 0.1) is 6.54 Å². The van der Waals surface area contributed by atoms with Crippen molar-refractivity contribution in [2.24, 2.45) is 5.41 Å². The van der Waals surface area contributed by atoms with E-state index in [-0.39, 0.29) is 0 Å². The normalized spacial score (nSPS) is 25.9. The molecule has 2 aliphatic rings. The summed E-state index contributed by atoms with van der Waals surface area (Å²) in [6.07, 6.45) is 9.43. The Bertz CT molecular complexity index is 602. The average Bonchev–Trinajstić information content (AvgIpc) is 3.20. The van der Waals surface area contributed by atoms with Crippen molar-refractivity contribution in [2.45, 2.75) is 25.8 Å². The molecule has 2 aromatic heterocycles. The summed E-state index contributed by atoms with van der Waals surface area (Å²) in [5.74, 6) is 0.889. The molecule has 0 aromatic carbocycles. The third-order valence-corrected chi connectivity index (χ3v) is 5.62. The molecule has 22 heavy (non-hydrogen) atoms. The zero-order valence-electron chi connectivity index (χ0n) is 12.7. The quantitative estimate of drug-likeness (QED) is 0.870. The van der Waals surface area contributed by atoms with E-state index in [1.54, 1.807) is 11.3 Å². The Morgan fingerprint density at radius 3 is 2.77 bits per heavy atom. The molecule has 6 heteroatoms. The fourth-order valence-electron chi connectivity index (χ4n) is 3.85. The Kier molecular flexibility index (Phi) is 3.80. The highest BCUT2D eigenvalue weighted by molar-refractivity contribution is 7.09. The number of likely N-dealkylation sites (tertiary alicyclic amines) is 1. The van der Waals surface area contributed by atoms with E-state index in [2.05, 4.69) is 30.1 Å². The van der Waals surface area contributed by atoms with Crippen LogP contribution in [0, 0.1) is 5.41 Å². The van der Waals surface area contributed by atoms with Crippen molar-refractivity contribution < 1.29 is 0 Å². The molecule has 0 radical (unpaired) electrons. The average molecular weight is 315 g/mol. The third kappa shape index (κ3) is 2.85. The van der Waals surface area contributed by atoms with E-state index in [1.807, 2.05) is 24.7 Å². The van der Waals surface area contributed by atoms with Gasteiger partial charge in [-0.15, -0.1) is 11.3 Å². The molecule has 1 atom stereocenters. The maximum Gasteiger partial charge on any atom is 0.225 e. The van der Waals surface area contributed by atoms with Crippen LogP contribution in [0.2, 0.25) is 0 Å². The van der Waals surface area contributed by atoms with E-state index in [0.29, 0.717) is 5.41 Å². The SMILES string of the molecule is c1cnc(N2CCC[C@@]3(CCN(Cc4nccs4)C3)C2)nc1. The highest BCUT2D eigenvalue weighted by atomic mass is 32.1. The highest BCUT2D eigenvalue weighted by Gasteiger charge is 2.41. The Hall–Kier alpha value is -1.53. The van der Waals surface area contributed by atoms with Gasteiger partial charge in [-0.2, -0.15) is 0 Å². The number of nitrogens with zero attached hydrogens (tertiary/aromatic N) is 5. The summed E-state index contributed by atoms with van der Waals surface area (Å²) in [5, 5.41) is 3.30. The second-order valence-corrected chi connectivity index (χ2v) is 7.44. The van der Waals surface area contributed by atoms with Crippen LogP contribution in [-0.2, 0) is 6.54 Å². The van der Waals surface area contributed by atoms with Crippen molar-refractivity contribution in [3.63, 3.8) is 0 Å². The maximum absolute atomic E-state index is 4.43. The minimum atomic E-state index is 0.411. The molecule has 2 saturated heterocycles. The highest BCUT2D eigenvalue weighted by Crippen LogP contribution is 2.40. The number of hydrogen-bond acceptors (Lipinski definition) is 6. The first-order valence-electron chi connectivity index (χ1n) is 7.96. The van der Waals surface area contributed by atoms with E-state index in [1.165, 1.54) is 37.4 Å². The molecule has 0 bridgehead atoms. The van der Waals surface area contributed by atoms with Crippen molar-refractivity contribution in [3.05, 3.63) is 35.0 Å². The molecule has 2 fully saturated rings. The number of rotatable bonds is 3. The van der Waals surface area contributed by atoms with Crippen LogP contribution in [0.3, 0.4) is 0 Å². The van der Waals surface area contributed by atoms with Crippen LogP contribution < -0.4 is 4.90 Å². The van der Waals surface area contributed by atoms with Crippen LogP contribution in [-0.4, -0.2) is 46.0 Å². The van der Waals surface area contributed by atoms with Crippen molar-refractivity contribution in [1.82, 2.24) is 19.9 Å². The molecule has 4 heterocycles. The second kappa shape index (κ2) is 5.93. The third-order valence-electron chi connectivity index (χ3n) is 4.86. The Morgan fingerprint density at radius 2 is 1.95 bits per heavy atom. The first-order valence-corrected chi connectivity index (χ1v) is 8.84. The second-order valence-electron chi connectivity index (χ2n) is 6.46. The Balaban J connectivity index is 1.43. The molecular weight excluding hydrogens is 294 g/mol. The van der Waals surface area contributed by atoms with Gasteiger partial charge in [0, 0.05) is 49.0 Å². The fourth-order valence-corrected chi connectivity index (χ4v) is 4.51. The monoisotopic (exact) mass is 315 g/mol. The van der Waals surface area contributed by atoms with E-state index in [9.17, 15) is 0 Å². The molecule has 2 aromatic rings. The predicted octanol–water partition coefficient (Wildman–Crippen LogP) is 2.43. The van der Waals surface area contributed by atoms with Gasteiger partial charge in [0.25, 0.3) is 0 Å². The zero-order chi connectivity index (χ0) is 14.8. The number of anilines is 1. The van der Waals surface area contributed by atoms with Gasteiger partial charge < -0.3 is 4.90 Å². The van der Waals surface area contributed by atoms with E-state index < -0.39 is 0 Å². The minimum absolute atomic E-state index is 0.411. The standard InChI is InChI=1S/C16H21N5S/c1-3-16(13-21(8-1)15-18-5-2-6-19-15)4-9-20(12-16)11-14-17-7-10-22-14/h2,5-7,10H,1,3-4,8-9,11-13H2/t16-/m0/s1. The van der Waals surface area contributed by atoms with E-state index in [0.717, 1.165) is 25.6 Å². The van der Waals surface area contributed by atoms with Gasteiger partial charge in [-0.25, -0.2) is 15.0 Å². The van der Waals surface area contributed by atoms with Gasteiger partial charge in [0.1, 0.15) is 5.01 Å². The molecule has 5 nitrogen and oxygen atoms in total. The van der Waals surface area contributed by atoms with Crippen molar-refractivity contribution in [3.8, 4) is 0 Å². The lowest BCUT2D eigenvalue weighted by Crippen LogP contribution is -2.45. The largest absolute Gasteiger partial charge is 0.340 e. The summed E-state index contributed by atoms with van der Waals surface area (Å²) in [6.45, 7) is 5.53. The van der Waals surface area contributed by atoms with Crippen LogP contribution in [0.5, 0.6) is 0 Å². The van der Waals surface area contributed by atoms with Crippen molar-refractivity contribution in [1.29, 1.82) is 0 Å². The van der Waals surface area contributed by atoms with Crippen LogP contribution in [0.4, 0.5) is 5.95 Å². The molecule has 0 unspecified atom stereocenters. The van der Waals surface area contributed by atoms with Crippen LogP contribution >= 0.6 is 11.3 Å². The van der Waals surface area contributed by atoms with E-state index >= 15 is 0 Å². The lowest BCUT2D eigenvalue weighted by atomic mass is 9.79.